The summed E-state index contributed by atoms with van der Waals surface area (Å²) in [7, 11) is 0. The van der Waals surface area contributed by atoms with Crippen LogP contribution in [0.15, 0.2) is 24.7 Å². The van der Waals surface area contributed by atoms with Crippen LogP contribution in [-0.4, -0.2) is 19.3 Å². The van der Waals surface area contributed by atoms with Gasteiger partial charge in [0.15, 0.2) is 0 Å². The summed E-state index contributed by atoms with van der Waals surface area (Å²) in [6, 6.07) is 1.80. The fourth-order valence-electron chi connectivity index (χ4n) is 1.57. The van der Waals surface area contributed by atoms with E-state index in [-0.39, 0.29) is 0 Å². The average Bonchev–Trinajstić information content (AvgIpc) is 2.83. The van der Waals surface area contributed by atoms with Crippen LogP contribution in [0.5, 0.6) is 0 Å². The molecule has 0 saturated heterocycles. The highest BCUT2D eigenvalue weighted by atomic mass is 15.3. The van der Waals surface area contributed by atoms with Crippen molar-refractivity contribution in [3.63, 3.8) is 0 Å². The molecule has 0 spiro atoms. The monoisotopic (exact) mass is 205 g/mol. The summed E-state index contributed by atoms with van der Waals surface area (Å²) in [4.78, 5) is 4.26. The summed E-state index contributed by atoms with van der Waals surface area (Å²) in [5.41, 5.74) is 5.53. The third-order valence-corrected chi connectivity index (χ3v) is 2.35. The van der Waals surface area contributed by atoms with E-state index in [9.17, 15) is 0 Å². The predicted octanol–water partition coefficient (Wildman–Crippen LogP) is 0.924. The van der Waals surface area contributed by atoms with Gasteiger partial charge < -0.3 is 10.3 Å². The van der Waals surface area contributed by atoms with Crippen molar-refractivity contribution in [2.45, 2.75) is 26.4 Å². The van der Waals surface area contributed by atoms with E-state index in [0.717, 1.165) is 25.3 Å². The molecule has 0 amide bonds. The lowest BCUT2D eigenvalue weighted by Gasteiger charge is -2.06. The number of aryl methyl sites for hydroxylation is 3. The number of rotatable bonds is 4. The van der Waals surface area contributed by atoms with Crippen molar-refractivity contribution in [2.24, 2.45) is 0 Å². The van der Waals surface area contributed by atoms with Gasteiger partial charge in [0.2, 0.25) is 0 Å². The first-order chi connectivity index (χ1) is 7.29. The lowest BCUT2D eigenvalue weighted by molar-refractivity contribution is 0.522. The first-order valence-corrected chi connectivity index (χ1v) is 5.08. The largest absolute Gasteiger partial charge is 0.382 e. The molecule has 80 valence electrons. The van der Waals surface area contributed by atoms with Crippen LogP contribution in [0.25, 0.3) is 0 Å². The van der Waals surface area contributed by atoms with Crippen molar-refractivity contribution in [1.82, 2.24) is 19.3 Å². The summed E-state index contributed by atoms with van der Waals surface area (Å²) < 4.78 is 3.98. The molecule has 5 heteroatoms. The number of hydrogen-bond acceptors (Lipinski definition) is 3. The van der Waals surface area contributed by atoms with Crippen LogP contribution in [0.2, 0.25) is 0 Å². The summed E-state index contributed by atoms with van der Waals surface area (Å²) in [5.74, 6) is 1.67. The summed E-state index contributed by atoms with van der Waals surface area (Å²) in [5, 5.41) is 4.13. The number of aromatic nitrogens is 4. The maximum absolute atomic E-state index is 5.53. The van der Waals surface area contributed by atoms with Gasteiger partial charge in [0.1, 0.15) is 11.6 Å². The van der Waals surface area contributed by atoms with Gasteiger partial charge in [0, 0.05) is 31.6 Å². The van der Waals surface area contributed by atoms with Gasteiger partial charge >= 0.3 is 0 Å². The molecule has 0 aliphatic heterocycles. The number of nitrogen functional groups attached to an aromatic ring is 1. The fraction of sp³-hybridized carbons (Fsp3) is 0.400. The zero-order chi connectivity index (χ0) is 10.7. The molecule has 0 aliphatic rings. The maximum atomic E-state index is 5.53. The maximum Gasteiger partial charge on any atom is 0.145 e. The first-order valence-electron chi connectivity index (χ1n) is 5.08. The SMILES string of the molecule is CCc1nccn1CCn1ccc(N)n1. The zero-order valence-corrected chi connectivity index (χ0v) is 8.80. The molecule has 2 heterocycles. The summed E-state index contributed by atoms with van der Waals surface area (Å²) in [6.07, 6.45) is 6.66. The number of anilines is 1. The van der Waals surface area contributed by atoms with Crippen molar-refractivity contribution in [3.05, 3.63) is 30.5 Å². The Balaban J connectivity index is 1.98. The second-order valence-corrected chi connectivity index (χ2v) is 3.39. The smallest absolute Gasteiger partial charge is 0.145 e. The Labute approximate surface area is 88.5 Å². The molecule has 0 saturated carbocycles. The molecular weight excluding hydrogens is 190 g/mol. The minimum Gasteiger partial charge on any atom is -0.382 e. The van der Waals surface area contributed by atoms with Crippen LogP contribution in [-0.2, 0) is 19.5 Å². The standard InChI is InChI=1S/C10H15N5/c1-2-10-12-4-6-14(10)7-8-15-5-3-9(11)13-15/h3-6H,2,7-8H2,1H3,(H2,11,13). The van der Waals surface area contributed by atoms with E-state index in [1.807, 2.05) is 23.3 Å². The molecule has 0 unspecified atom stereocenters. The van der Waals surface area contributed by atoms with Crippen LogP contribution in [0.3, 0.4) is 0 Å². The van der Waals surface area contributed by atoms with Crippen molar-refractivity contribution in [2.75, 3.05) is 5.73 Å². The van der Waals surface area contributed by atoms with Gasteiger partial charge in [-0.2, -0.15) is 5.10 Å². The molecule has 0 radical (unpaired) electrons. The number of imidazole rings is 1. The highest BCUT2D eigenvalue weighted by Gasteiger charge is 2.00. The van der Waals surface area contributed by atoms with Gasteiger partial charge in [-0.1, -0.05) is 6.92 Å². The third-order valence-electron chi connectivity index (χ3n) is 2.35. The molecule has 2 rings (SSSR count). The zero-order valence-electron chi connectivity index (χ0n) is 8.80. The minimum absolute atomic E-state index is 0.566. The topological polar surface area (TPSA) is 61.7 Å². The molecule has 0 fully saturated rings. The molecule has 15 heavy (non-hydrogen) atoms. The van der Waals surface area contributed by atoms with E-state index in [1.165, 1.54) is 0 Å². The van der Waals surface area contributed by atoms with E-state index < -0.39 is 0 Å². The van der Waals surface area contributed by atoms with E-state index in [1.54, 1.807) is 6.07 Å². The molecule has 0 aromatic carbocycles. The Morgan fingerprint density at radius 3 is 2.87 bits per heavy atom. The van der Waals surface area contributed by atoms with Gasteiger partial charge in [-0.05, 0) is 6.07 Å². The Kier molecular flexibility index (Phi) is 2.71. The Morgan fingerprint density at radius 1 is 1.33 bits per heavy atom. The van der Waals surface area contributed by atoms with Crippen LogP contribution in [0, 0.1) is 0 Å². The van der Waals surface area contributed by atoms with Gasteiger partial charge in [0.05, 0.1) is 6.54 Å². The molecule has 5 nitrogen and oxygen atoms in total. The second-order valence-electron chi connectivity index (χ2n) is 3.39. The van der Waals surface area contributed by atoms with Crippen LogP contribution >= 0.6 is 0 Å². The van der Waals surface area contributed by atoms with Crippen LogP contribution in [0.4, 0.5) is 5.82 Å². The lowest BCUT2D eigenvalue weighted by Crippen LogP contribution is -2.09. The van der Waals surface area contributed by atoms with Crippen molar-refractivity contribution in [1.29, 1.82) is 0 Å². The Morgan fingerprint density at radius 2 is 2.20 bits per heavy atom. The van der Waals surface area contributed by atoms with Gasteiger partial charge in [0.25, 0.3) is 0 Å². The summed E-state index contributed by atoms with van der Waals surface area (Å²) in [6.45, 7) is 3.80. The number of nitrogens with two attached hydrogens (primary N) is 1. The van der Waals surface area contributed by atoms with Crippen molar-refractivity contribution >= 4 is 5.82 Å². The van der Waals surface area contributed by atoms with Gasteiger partial charge in [-0.25, -0.2) is 4.98 Å². The Bertz CT molecular complexity index is 428. The average molecular weight is 205 g/mol. The molecular formula is C10H15N5. The van der Waals surface area contributed by atoms with Gasteiger partial charge in [-0.3, -0.25) is 4.68 Å². The van der Waals surface area contributed by atoms with Crippen molar-refractivity contribution in [3.8, 4) is 0 Å². The fourth-order valence-corrected chi connectivity index (χ4v) is 1.57. The first kappa shape index (κ1) is 9.76. The molecule has 0 aliphatic carbocycles. The molecule has 0 atom stereocenters. The van der Waals surface area contributed by atoms with E-state index in [0.29, 0.717) is 5.82 Å². The predicted molar refractivity (Wildman–Crippen MR) is 58.2 cm³/mol. The van der Waals surface area contributed by atoms with Crippen molar-refractivity contribution < 1.29 is 0 Å². The van der Waals surface area contributed by atoms with E-state index in [2.05, 4.69) is 21.6 Å². The molecule has 2 aromatic heterocycles. The lowest BCUT2D eigenvalue weighted by atomic mass is 10.4. The quantitative estimate of drug-likeness (QED) is 0.807. The van der Waals surface area contributed by atoms with E-state index in [4.69, 9.17) is 5.73 Å². The highest BCUT2D eigenvalue weighted by molar-refractivity contribution is 5.23. The third kappa shape index (κ3) is 2.18. The summed E-state index contributed by atoms with van der Waals surface area (Å²) >= 11 is 0. The van der Waals surface area contributed by atoms with Crippen LogP contribution < -0.4 is 5.73 Å². The normalized spacial score (nSPS) is 10.7. The van der Waals surface area contributed by atoms with Gasteiger partial charge in [-0.15, -0.1) is 0 Å². The highest BCUT2D eigenvalue weighted by Crippen LogP contribution is 2.01. The number of nitrogens with zero attached hydrogens (tertiary/aromatic N) is 4. The Hall–Kier alpha value is -1.78. The molecule has 2 aromatic rings. The van der Waals surface area contributed by atoms with Crippen LogP contribution in [0.1, 0.15) is 12.7 Å². The van der Waals surface area contributed by atoms with E-state index >= 15 is 0 Å². The number of hydrogen-bond donors (Lipinski definition) is 1. The second kappa shape index (κ2) is 4.16. The molecule has 2 N–H and O–H groups in total. The minimum atomic E-state index is 0.566. The molecule has 0 bridgehead atoms.